The predicted octanol–water partition coefficient (Wildman–Crippen LogP) is 4.24. The Hall–Kier alpha value is -0.960. The molecule has 0 bridgehead atoms. The van der Waals surface area contributed by atoms with Crippen LogP contribution in [0.1, 0.15) is 38.2 Å². The zero-order chi connectivity index (χ0) is 13.9. The number of hydrogen-bond donors (Lipinski definition) is 1. The number of aliphatic carboxylic acids is 1. The number of carbonyl (C=O) groups is 1. The summed E-state index contributed by atoms with van der Waals surface area (Å²) in [6.07, 6.45) is 5.26. The van der Waals surface area contributed by atoms with E-state index in [1.54, 1.807) is 11.8 Å². The third kappa shape index (κ3) is 7.26. The van der Waals surface area contributed by atoms with Crippen LogP contribution < -0.4 is 0 Å². The van der Waals surface area contributed by atoms with Crippen molar-refractivity contribution in [3.63, 3.8) is 0 Å². The summed E-state index contributed by atoms with van der Waals surface area (Å²) in [5.74, 6) is 0.959. The maximum absolute atomic E-state index is 11.2. The van der Waals surface area contributed by atoms with Gasteiger partial charge in [-0.15, -0.1) is 0 Å². The Balaban J connectivity index is 2.26. The number of hydrogen-bond acceptors (Lipinski definition) is 2. The summed E-state index contributed by atoms with van der Waals surface area (Å²) in [5.41, 5.74) is 1.23. The van der Waals surface area contributed by atoms with Crippen molar-refractivity contribution < 1.29 is 9.90 Å². The van der Waals surface area contributed by atoms with E-state index in [1.165, 1.54) is 24.8 Å². The Morgan fingerprint density at radius 3 is 2.63 bits per heavy atom. The monoisotopic (exact) mass is 280 g/mol. The fourth-order valence-corrected chi connectivity index (χ4v) is 3.11. The number of benzene rings is 1. The van der Waals surface area contributed by atoms with E-state index in [2.05, 4.69) is 19.1 Å². The zero-order valence-electron chi connectivity index (χ0n) is 11.7. The number of carboxylic acids is 1. The van der Waals surface area contributed by atoms with Crippen LogP contribution in [0.2, 0.25) is 0 Å². The van der Waals surface area contributed by atoms with E-state index in [4.69, 9.17) is 0 Å². The van der Waals surface area contributed by atoms with Gasteiger partial charge in [-0.3, -0.25) is 4.79 Å². The van der Waals surface area contributed by atoms with Gasteiger partial charge in [-0.25, -0.2) is 0 Å². The van der Waals surface area contributed by atoms with Crippen LogP contribution in [0.5, 0.6) is 0 Å². The molecule has 0 amide bonds. The molecule has 1 N–H and O–H groups in total. The van der Waals surface area contributed by atoms with Gasteiger partial charge in [-0.05, 0) is 30.6 Å². The number of unbranched alkanes of at least 4 members (excludes halogenated alkanes) is 2. The van der Waals surface area contributed by atoms with E-state index in [0.29, 0.717) is 0 Å². The van der Waals surface area contributed by atoms with Gasteiger partial charge in [0.15, 0.2) is 0 Å². The lowest BCUT2D eigenvalue weighted by atomic mass is 10.0. The number of carboxylic acid groups (broad SMARTS) is 1. The maximum atomic E-state index is 11.2. The molecule has 1 rings (SSSR count). The second-order valence-corrected chi connectivity index (χ2v) is 5.99. The molecule has 0 saturated heterocycles. The third-order valence-electron chi connectivity index (χ3n) is 3.18. The largest absolute Gasteiger partial charge is 0.481 e. The van der Waals surface area contributed by atoms with Crippen molar-refractivity contribution in [2.45, 2.75) is 39.0 Å². The summed E-state index contributed by atoms with van der Waals surface area (Å²) in [6, 6.07) is 10.1. The Labute approximate surface area is 120 Å². The van der Waals surface area contributed by atoms with Gasteiger partial charge in [0, 0.05) is 5.75 Å². The molecule has 0 heterocycles. The summed E-state index contributed by atoms with van der Waals surface area (Å²) in [4.78, 5) is 11.2. The van der Waals surface area contributed by atoms with Gasteiger partial charge in [0.2, 0.25) is 0 Å². The van der Waals surface area contributed by atoms with E-state index in [-0.39, 0.29) is 5.92 Å². The molecule has 1 aromatic carbocycles. The average molecular weight is 280 g/mol. The molecule has 1 unspecified atom stereocenters. The molecule has 2 nitrogen and oxygen atoms in total. The van der Waals surface area contributed by atoms with E-state index in [1.807, 2.05) is 18.2 Å². The average Bonchev–Trinajstić information content (AvgIpc) is 2.42. The van der Waals surface area contributed by atoms with Crippen LogP contribution in [0.15, 0.2) is 30.3 Å². The lowest BCUT2D eigenvalue weighted by Gasteiger charge is -2.12. The highest BCUT2D eigenvalue weighted by Gasteiger charge is 2.16. The van der Waals surface area contributed by atoms with E-state index >= 15 is 0 Å². The van der Waals surface area contributed by atoms with Crippen molar-refractivity contribution in [3.05, 3.63) is 35.9 Å². The topological polar surface area (TPSA) is 37.3 Å². The molecule has 0 aromatic heterocycles. The van der Waals surface area contributed by atoms with Gasteiger partial charge >= 0.3 is 5.97 Å². The highest BCUT2D eigenvalue weighted by atomic mass is 32.2. The van der Waals surface area contributed by atoms with Crippen LogP contribution >= 0.6 is 11.8 Å². The van der Waals surface area contributed by atoms with Crippen molar-refractivity contribution in [1.29, 1.82) is 0 Å². The summed E-state index contributed by atoms with van der Waals surface area (Å²) in [5, 5.41) is 9.24. The van der Waals surface area contributed by atoms with Crippen LogP contribution in [-0.4, -0.2) is 22.6 Å². The molecule has 0 fully saturated rings. The molecule has 0 aliphatic rings. The quantitative estimate of drug-likeness (QED) is 0.651. The summed E-state index contributed by atoms with van der Waals surface area (Å²) in [6.45, 7) is 2.19. The standard InChI is InChI=1S/C16H24O2S/c1-2-3-7-12-19-13-15(16(17)18)11-10-14-8-5-4-6-9-14/h4-6,8-9,15H,2-3,7,10-13H2,1H3,(H,17,18). The minimum atomic E-state index is -0.654. The first-order valence-electron chi connectivity index (χ1n) is 7.08. The Morgan fingerprint density at radius 2 is 2.00 bits per heavy atom. The lowest BCUT2D eigenvalue weighted by Crippen LogP contribution is -2.17. The number of rotatable bonds is 10. The van der Waals surface area contributed by atoms with Crippen molar-refractivity contribution in [1.82, 2.24) is 0 Å². The number of aryl methyl sites for hydroxylation is 1. The van der Waals surface area contributed by atoms with Crippen LogP contribution in [0.25, 0.3) is 0 Å². The molecule has 106 valence electrons. The van der Waals surface area contributed by atoms with Crippen LogP contribution in [0.3, 0.4) is 0 Å². The maximum Gasteiger partial charge on any atom is 0.307 e. The van der Waals surface area contributed by atoms with E-state index in [9.17, 15) is 9.90 Å². The fraction of sp³-hybridized carbons (Fsp3) is 0.562. The van der Waals surface area contributed by atoms with Gasteiger partial charge in [0.25, 0.3) is 0 Å². The molecule has 3 heteroatoms. The Morgan fingerprint density at radius 1 is 1.26 bits per heavy atom. The molecule has 0 radical (unpaired) electrons. The minimum absolute atomic E-state index is 0.216. The van der Waals surface area contributed by atoms with Gasteiger partial charge in [0.05, 0.1) is 5.92 Å². The molecular weight excluding hydrogens is 256 g/mol. The Bertz CT molecular complexity index is 351. The SMILES string of the molecule is CCCCCSCC(CCc1ccccc1)C(=O)O. The fourth-order valence-electron chi connectivity index (χ4n) is 1.94. The van der Waals surface area contributed by atoms with Gasteiger partial charge in [-0.1, -0.05) is 50.1 Å². The normalized spacial score (nSPS) is 12.3. The van der Waals surface area contributed by atoms with Crippen molar-refractivity contribution in [2.24, 2.45) is 5.92 Å². The van der Waals surface area contributed by atoms with Gasteiger partial charge in [-0.2, -0.15) is 11.8 Å². The van der Waals surface area contributed by atoms with E-state index in [0.717, 1.165) is 24.3 Å². The third-order valence-corrected chi connectivity index (χ3v) is 4.40. The summed E-state index contributed by atoms with van der Waals surface area (Å²) < 4.78 is 0. The number of thioether (sulfide) groups is 1. The lowest BCUT2D eigenvalue weighted by molar-refractivity contribution is -0.141. The van der Waals surface area contributed by atoms with Gasteiger partial charge in [0.1, 0.15) is 0 Å². The molecule has 0 aliphatic heterocycles. The predicted molar refractivity (Wildman–Crippen MR) is 82.7 cm³/mol. The van der Waals surface area contributed by atoms with Crippen molar-refractivity contribution >= 4 is 17.7 Å². The first kappa shape index (κ1) is 16.1. The molecular formula is C16H24O2S. The molecule has 19 heavy (non-hydrogen) atoms. The summed E-state index contributed by atoms with van der Waals surface area (Å²) >= 11 is 1.78. The highest BCUT2D eigenvalue weighted by Crippen LogP contribution is 2.17. The highest BCUT2D eigenvalue weighted by molar-refractivity contribution is 7.99. The zero-order valence-corrected chi connectivity index (χ0v) is 12.5. The second kappa shape index (κ2) is 9.90. The molecule has 0 saturated carbocycles. The minimum Gasteiger partial charge on any atom is -0.481 e. The molecule has 1 aromatic rings. The van der Waals surface area contributed by atoms with Crippen LogP contribution in [0, 0.1) is 5.92 Å². The van der Waals surface area contributed by atoms with Crippen LogP contribution in [-0.2, 0) is 11.2 Å². The Kier molecular flexibility index (Phi) is 8.39. The first-order valence-corrected chi connectivity index (χ1v) is 8.24. The van der Waals surface area contributed by atoms with Gasteiger partial charge < -0.3 is 5.11 Å². The molecule has 0 spiro atoms. The molecule has 1 atom stereocenters. The van der Waals surface area contributed by atoms with Crippen molar-refractivity contribution in [2.75, 3.05) is 11.5 Å². The van der Waals surface area contributed by atoms with Crippen LogP contribution in [0.4, 0.5) is 0 Å². The van der Waals surface area contributed by atoms with E-state index < -0.39 is 5.97 Å². The molecule has 0 aliphatic carbocycles. The van der Waals surface area contributed by atoms with Crippen molar-refractivity contribution in [3.8, 4) is 0 Å². The second-order valence-electron chi connectivity index (χ2n) is 4.84. The first-order chi connectivity index (χ1) is 9.24. The summed E-state index contributed by atoms with van der Waals surface area (Å²) in [7, 11) is 0. The smallest absolute Gasteiger partial charge is 0.307 e.